The number of rotatable bonds is 3. The first-order chi connectivity index (χ1) is 6.24. The Bertz CT molecular complexity index is 164. The van der Waals surface area contributed by atoms with Crippen LogP contribution in [0.5, 0.6) is 0 Å². The van der Waals surface area contributed by atoms with Crippen molar-refractivity contribution in [2.24, 2.45) is 11.8 Å². The Morgan fingerprint density at radius 3 is 2.38 bits per heavy atom. The molecule has 0 spiro atoms. The number of halogens is 1. The van der Waals surface area contributed by atoms with Crippen LogP contribution in [0.25, 0.3) is 0 Å². The first-order valence-electron chi connectivity index (χ1n) is 5.50. The van der Waals surface area contributed by atoms with Crippen LogP contribution in [0.2, 0.25) is 0 Å². The molecule has 76 valence electrons. The minimum Gasteiger partial charge on any atom is -0.0880 e. The maximum Gasteiger partial charge on any atom is 0.0244 e. The fourth-order valence-electron chi connectivity index (χ4n) is 2.19. The minimum absolute atomic E-state index is 0.703. The number of hydrogen-bond donors (Lipinski definition) is 0. The average Bonchev–Trinajstić information content (AvgIpc) is 2.15. The van der Waals surface area contributed by atoms with Crippen LogP contribution in [0.15, 0.2) is 11.6 Å². The normalized spacial score (nSPS) is 21.1. The van der Waals surface area contributed by atoms with Gasteiger partial charge in [-0.1, -0.05) is 60.7 Å². The lowest BCUT2D eigenvalue weighted by Crippen LogP contribution is -2.10. The third kappa shape index (κ3) is 3.84. The Morgan fingerprint density at radius 2 is 1.92 bits per heavy atom. The molecule has 0 saturated heterocycles. The van der Waals surface area contributed by atoms with Crippen molar-refractivity contribution in [3.05, 3.63) is 11.6 Å². The van der Waals surface area contributed by atoms with Gasteiger partial charge in [0.15, 0.2) is 0 Å². The van der Waals surface area contributed by atoms with E-state index in [-0.39, 0.29) is 0 Å². The lowest BCUT2D eigenvalue weighted by Gasteiger charge is -2.24. The van der Waals surface area contributed by atoms with Crippen LogP contribution in [0.4, 0.5) is 0 Å². The first-order valence-corrected chi connectivity index (χ1v) is 6.62. The molecule has 0 aromatic rings. The fourth-order valence-corrected chi connectivity index (χ4v) is 2.84. The third-order valence-electron chi connectivity index (χ3n) is 2.83. The van der Waals surface area contributed by atoms with Crippen LogP contribution in [0.1, 0.15) is 46.0 Å². The van der Waals surface area contributed by atoms with Crippen LogP contribution < -0.4 is 0 Å². The summed E-state index contributed by atoms with van der Waals surface area (Å²) < 4.78 is 0. The van der Waals surface area contributed by atoms with Gasteiger partial charge in [-0.3, -0.25) is 0 Å². The zero-order chi connectivity index (χ0) is 9.68. The van der Waals surface area contributed by atoms with Crippen molar-refractivity contribution in [2.45, 2.75) is 46.0 Å². The maximum atomic E-state index is 3.61. The van der Waals surface area contributed by atoms with Crippen molar-refractivity contribution < 1.29 is 0 Å². The monoisotopic (exact) mass is 244 g/mol. The van der Waals surface area contributed by atoms with E-state index in [9.17, 15) is 0 Å². The molecular weight excluding hydrogens is 224 g/mol. The Balaban J connectivity index is 2.53. The second kappa shape index (κ2) is 5.85. The van der Waals surface area contributed by atoms with Gasteiger partial charge >= 0.3 is 0 Å². The molecule has 1 aliphatic rings. The first kappa shape index (κ1) is 11.3. The number of allylic oxidation sites excluding steroid dienone is 2. The molecule has 0 heterocycles. The van der Waals surface area contributed by atoms with E-state index in [1.54, 1.807) is 5.57 Å². The van der Waals surface area contributed by atoms with Gasteiger partial charge in [-0.05, 0) is 24.7 Å². The molecule has 0 unspecified atom stereocenters. The van der Waals surface area contributed by atoms with Crippen LogP contribution in [0.3, 0.4) is 0 Å². The van der Waals surface area contributed by atoms with E-state index in [2.05, 4.69) is 35.9 Å². The lowest BCUT2D eigenvalue weighted by molar-refractivity contribution is 0.402. The van der Waals surface area contributed by atoms with Crippen molar-refractivity contribution in [2.75, 3.05) is 5.33 Å². The molecule has 0 aromatic heterocycles. The minimum atomic E-state index is 0.703. The molecule has 0 amide bonds. The summed E-state index contributed by atoms with van der Waals surface area (Å²) in [6.45, 7) is 4.54. The van der Waals surface area contributed by atoms with E-state index < -0.39 is 0 Å². The highest BCUT2D eigenvalue weighted by atomic mass is 79.9. The lowest BCUT2D eigenvalue weighted by atomic mass is 9.83. The van der Waals surface area contributed by atoms with Gasteiger partial charge in [0.05, 0.1) is 0 Å². The Morgan fingerprint density at radius 1 is 1.31 bits per heavy atom. The summed E-state index contributed by atoms with van der Waals surface area (Å²) in [4.78, 5) is 0. The van der Waals surface area contributed by atoms with Gasteiger partial charge in [0.25, 0.3) is 0 Å². The standard InChI is InChI=1S/C12H21Br/c1-10(2)8-12(9-13)11-6-4-3-5-7-11/h8,10-11H,3-7,9H2,1-2H3. The van der Waals surface area contributed by atoms with Gasteiger partial charge in [0.2, 0.25) is 0 Å². The van der Waals surface area contributed by atoms with Crippen molar-refractivity contribution in [1.82, 2.24) is 0 Å². The van der Waals surface area contributed by atoms with E-state index in [4.69, 9.17) is 0 Å². The van der Waals surface area contributed by atoms with Crippen molar-refractivity contribution in [1.29, 1.82) is 0 Å². The van der Waals surface area contributed by atoms with E-state index >= 15 is 0 Å². The predicted octanol–water partition coefficient (Wildman–Crippen LogP) is 4.54. The molecule has 0 aromatic carbocycles. The van der Waals surface area contributed by atoms with Gasteiger partial charge in [-0.2, -0.15) is 0 Å². The molecule has 0 atom stereocenters. The van der Waals surface area contributed by atoms with Gasteiger partial charge in [0.1, 0.15) is 0 Å². The summed E-state index contributed by atoms with van der Waals surface area (Å²) in [6.07, 6.45) is 9.62. The topological polar surface area (TPSA) is 0 Å². The molecule has 1 aliphatic carbocycles. The van der Waals surface area contributed by atoms with Crippen molar-refractivity contribution in [3.8, 4) is 0 Å². The van der Waals surface area contributed by atoms with Crippen molar-refractivity contribution >= 4 is 15.9 Å². The molecule has 1 fully saturated rings. The molecule has 0 bridgehead atoms. The van der Waals surface area contributed by atoms with E-state index in [0.29, 0.717) is 5.92 Å². The number of alkyl halides is 1. The highest BCUT2D eigenvalue weighted by molar-refractivity contribution is 9.09. The average molecular weight is 245 g/mol. The molecule has 0 radical (unpaired) electrons. The van der Waals surface area contributed by atoms with Crippen LogP contribution >= 0.6 is 15.9 Å². The Hall–Kier alpha value is 0.220. The Labute approximate surface area is 90.9 Å². The predicted molar refractivity (Wildman–Crippen MR) is 63.3 cm³/mol. The van der Waals surface area contributed by atoms with E-state index in [1.807, 2.05) is 0 Å². The second-order valence-corrected chi connectivity index (χ2v) is 5.01. The second-order valence-electron chi connectivity index (χ2n) is 4.45. The molecule has 0 N–H and O–H groups in total. The van der Waals surface area contributed by atoms with Crippen molar-refractivity contribution in [3.63, 3.8) is 0 Å². The zero-order valence-electron chi connectivity index (χ0n) is 8.85. The van der Waals surface area contributed by atoms with Gasteiger partial charge in [0, 0.05) is 5.33 Å². The molecule has 13 heavy (non-hydrogen) atoms. The summed E-state index contributed by atoms with van der Waals surface area (Å²) in [5.74, 6) is 1.59. The third-order valence-corrected chi connectivity index (χ3v) is 3.48. The van der Waals surface area contributed by atoms with E-state index in [1.165, 1.54) is 32.1 Å². The molecule has 1 heteroatoms. The van der Waals surface area contributed by atoms with Crippen LogP contribution in [0, 0.1) is 11.8 Å². The summed E-state index contributed by atoms with van der Waals surface area (Å²) in [7, 11) is 0. The SMILES string of the molecule is CC(C)C=C(CBr)C1CCCCC1. The Kier molecular flexibility index (Phi) is 5.08. The summed E-state index contributed by atoms with van der Waals surface area (Å²) in [5.41, 5.74) is 1.65. The van der Waals surface area contributed by atoms with Gasteiger partial charge in [-0.25, -0.2) is 0 Å². The largest absolute Gasteiger partial charge is 0.0880 e. The molecule has 1 rings (SSSR count). The highest BCUT2D eigenvalue weighted by Crippen LogP contribution is 2.31. The summed E-state index contributed by atoms with van der Waals surface area (Å²) in [5, 5.41) is 1.08. The quantitative estimate of drug-likeness (QED) is 0.505. The maximum absolute atomic E-state index is 3.61. The van der Waals surface area contributed by atoms with E-state index in [0.717, 1.165) is 11.2 Å². The van der Waals surface area contributed by atoms with Crippen LogP contribution in [-0.2, 0) is 0 Å². The molecule has 0 nitrogen and oxygen atoms in total. The summed E-state index contributed by atoms with van der Waals surface area (Å²) in [6, 6.07) is 0. The fraction of sp³-hybridized carbons (Fsp3) is 0.833. The van der Waals surface area contributed by atoms with Gasteiger partial charge < -0.3 is 0 Å². The highest BCUT2D eigenvalue weighted by Gasteiger charge is 2.16. The molecular formula is C12H21Br. The zero-order valence-corrected chi connectivity index (χ0v) is 10.4. The summed E-state index contributed by atoms with van der Waals surface area (Å²) >= 11 is 3.61. The molecule has 0 aliphatic heterocycles. The molecule has 1 saturated carbocycles. The van der Waals surface area contributed by atoms with Gasteiger partial charge in [-0.15, -0.1) is 0 Å². The smallest absolute Gasteiger partial charge is 0.0244 e. The van der Waals surface area contributed by atoms with Crippen LogP contribution in [-0.4, -0.2) is 5.33 Å². The number of hydrogen-bond acceptors (Lipinski definition) is 0.